The fourth-order valence-electron chi connectivity index (χ4n) is 5.30. The maximum Gasteiger partial charge on any atom is 0.305 e. The molecule has 0 fully saturated rings. The maximum atomic E-state index is 13.7. The fraction of sp³-hybridized carbons (Fsp3) is 0.286. The van der Waals surface area contributed by atoms with Gasteiger partial charge in [0.05, 0.1) is 30.6 Å². The van der Waals surface area contributed by atoms with Crippen molar-refractivity contribution in [3.8, 4) is 22.8 Å². The van der Waals surface area contributed by atoms with Crippen molar-refractivity contribution in [3.05, 3.63) is 77.6 Å². The fourth-order valence-corrected chi connectivity index (χ4v) is 5.30. The van der Waals surface area contributed by atoms with Crippen molar-refractivity contribution < 1.29 is 23.1 Å². The summed E-state index contributed by atoms with van der Waals surface area (Å²) in [6.45, 7) is 1.52. The molecule has 0 bridgehead atoms. The Morgan fingerprint density at radius 3 is 2.70 bits per heavy atom. The van der Waals surface area contributed by atoms with Crippen LogP contribution < -0.4 is 10.1 Å². The van der Waals surface area contributed by atoms with Crippen LogP contribution in [0.5, 0.6) is 5.75 Å². The van der Waals surface area contributed by atoms with Crippen LogP contribution in [0.25, 0.3) is 17.1 Å². The van der Waals surface area contributed by atoms with Crippen molar-refractivity contribution in [2.45, 2.75) is 31.7 Å². The number of fused-ring (bicyclic) bond motifs is 2. The summed E-state index contributed by atoms with van der Waals surface area (Å²) < 4.78 is 34.0. The molecule has 12 heteroatoms. The molecule has 2 aliphatic rings. The Labute approximate surface area is 228 Å². The molecule has 1 N–H and O–H groups in total. The number of ketones is 1. The number of carbonyl (C=O) groups excluding carboxylic acids is 2. The van der Waals surface area contributed by atoms with Crippen LogP contribution in [0, 0.1) is 0 Å². The average Bonchev–Trinajstić information content (AvgIpc) is 3.64. The van der Waals surface area contributed by atoms with Crippen molar-refractivity contribution in [2.75, 3.05) is 25.5 Å². The molecule has 1 unspecified atom stereocenters. The van der Waals surface area contributed by atoms with E-state index in [0.29, 0.717) is 43.4 Å². The van der Waals surface area contributed by atoms with Crippen molar-refractivity contribution in [3.63, 3.8) is 0 Å². The van der Waals surface area contributed by atoms with E-state index in [-0.39, 0.29) is 12.4 Å². The molecular weight excluding hydrogens is 520 g/mol. The largest absolute Gasteiger partial charge is 0.495 e. The molecule has 6 rings (SSSR count). The smallest absolute Gasteiger partial charge is 0.305 e. The van der Waals surface area contributed by atoms with Gasteiger partial charge in [-0.3, -0.25) is 14.6 Å². The number of methoxy groups -OCH3 is 1. The predicted octanol–water partition coefficient (Wildman–Crippen LogP) is 3.51. The summed E-state index contributed by atoms with van der Waals surface area (Å²) in [6.07, 6.45) is 4.85. The summed E-state index contributed by atoms with van der Waals surface area (Å²) in [7, 11) is 1.44. The molecule has 40 heavy (non-hydrogen) atoms. The number of rotatable bonds is 6. The van der Waals surface area contributed by atoms with E-state index in [2.05, 4.69) is 25.4 Å². The first-order valence-electron chi connectivity index (χ1n) is 12.7. The molecule has 0 saturated heterocycles. The molecule has 3 aromatic heterocycles. The topological polar surface area (TPSA) is 115 Å². The Bertz CT molecular complexity index is 1620. The number of nitrogens with zero attached hydrogens (tertiary/aromatic N) is 6. The number of Topliss-reactive ketones (excluding diaryl/α,β-unsaturated/α-hetero) is 1. The first-order valence-corrected chi connectivity index (χ1v) is 12.7. The molecule has 0 saturated carbocycles. The van der Waals surface area contributed by atoms with Gasteiger partial charge in [0.1, 0.15) is 12.1 Å². The molecule has 2 aliphatic heterocycles. The second-order valence-electron chi connectivity index (χ2n) is 9.77. The number of halogens is 2. The summed E-state index contributed by atoms with van der Waals surface area (Å²) >= 11 is 0. The highest BCUT2D eigenvalue weighted by Gasteiger charge is 2.40. The summed E-state index contributed by atoms with van der Waals surface area (Å²) in [5, 5.41) is 6.96. The van der Waals surface area contributed by atoms with Crippen LogP contribution in [-0.2, 0) is 28.5 Å². The van der Waals surface area contributed by atoms with E-state index in [1.54, 1.807) is 11.1 Å². The maximum absolute atomic E-state index is 13.7. The first kappa shape index (κ1) is 25.5. The van der Waals surface area contributed by atoms with Crippen LogP contribution in [0.1, 0.15) is 35.4 Å². The molecule has 1 amide bonds. The van der Waals surface area contributed by atoms with Gasteiger partial charge in [0.2, 0.25) is 11.6 Å². The molecule has 1 atom stereocenters. The number of hydrogen-bond acceptors (Lipinski definition) is 8. The van der Waals surface area contributed by atoms with Crippen LogP contribution in [0.4, 0.5) is 14.5 Å². The highest BCUT2D eigenvalue weighted by Crippen LogP contribution is 2.42. The molecule has 204 valence electrons. The Hall–Kier alpha value is -4.74. The van der Waals surface area contributed by atoms with E-state index in [9.17, 15) is 18.4 Å². The number of hydrogen-bond donors (Lipinski definition) is 1. The molecule has 5 heterocycles. The molecule has 1 aromatic carbocycles. The van der Waals surface area contributed by atoms with E-state index >= 15 is 0 Å². The number of nitrogens with one attached hydrogen (secondary N) is 1. The van der Waals surface area contributed by atoms with E-state index in [1.807, 2.05) is 36.4 Å². The zero-order chi connectivity index (χ0) is 28.0. The van der Waals surface area contributed by atoms with Crippen LogP contribution in [0.3, 0.4) is 0 Å². The second kappa shape index (κ2) is 9.78. The summed E-state index contributed by atoms with van der Waals surface area (Å²) in [4.78, 5) is 41.1. The SMILES string of the molecule is COc1cnc(-n2cnc(C(C)(F)F)n2)c2c1C(C(=O)C(=O)N1CCc3c(cccc3-c3ccccn3)C1)CN2. The molecule has 0 spiro atoms. The Morgan fingerprint density at radius 1 is 1.12 bits per heavy atom. The monoisotopic (exact) mass is 545 g/mol. The standard InChI is InChI=1S/C28H25F2N7O3/c1-28(29,30)27-34-15-37(35-27)25-23-22(21(40-2)13-33-25)19(12-32-23)24(38)26(39)36-11-9-17-16(14-36)6-5-7-18(17)20-8-3-4-10-31-20/h3-8,10,13,15,19,32H,9,11-12,14H2,1-2H3. The zero-order valence-electron chi connectivity index (χ0n) is 21.8. The van der Waals surface area contributed by atoms with E-state index < -0.39 is 29.4 Å². The number of ether oxygens (including phenoxy) is 1. The predicted molar refractivity (Wildman–Crippen MR) is 140 cm³/mol. The van der Waals surface area contributed by atoms with Gasteiger partial charge in [-0.15, -0.1) is 5.10 Å². The van der Waals surface area contributed by atoms with Crippen molar-refractivity contribution in [1.29, 1.82) is 0 Å². The number of benzene rings is 1. The third kappa shape index (κ3) is 4.34. The lowest BCUT2D eigenvalue weighted by Crippen LogP contribution is -2.42. The average molecular weight is 546 g/mol. The minimum absolute atomic E-state index is 0.120. The highest BCUT2D eigenvalue weighted by molar-refractivity contribution is 6.38. The van der Waals surface area contributed by atoms with Crippen molar-refractivity contribution >= 4 is 17.4 Å². The zero-order valence-corrected chi connectivity index (χ0v) is 21.8. The van der Waals surface area contributed by atoms with E-state index in [4.69, 9.17) is 4.74 Å². The van der Waals surface area contributed by atoms with Gasteiger partial charge in [0.25, 0.3) is 5.91 Å². The lowest BCUT2D eigenvalue weighted by molar-refractivity contribution is -0.145. The number of alkyl halides is 2. The van der Waals surface area contributed by atoms with Gasteiger partial charge < -0.3 is 15.0 Å². The second-order valence-corrected chi connectivity index (χ2v) is 9.77. The van der Waals surface area contributed by atoms with Gasteiger partial charge in [-0.05, 0) is 29.7 Å². The minimum Gasteiger partial charge on any atom is -0.495 e. The number of pyridine rings is 2. The lowest BCUT2D eigenvalue weighted by atomic mass is 9.91. The van der Waals surface area contributed by atoms with Crippen LogP contribution >= 0.6 is 0 Å². The van der Waals surface area contributed by atoms with Gasteiger partial charge in [-0.2, -0.15) is 8.78 Å². The van der Waals surface area contributed by atoms with Crippen molar-refractivity contribution in [2.24, 2.45) is 0 Å². The third-order valence-corrected chi connectivity index (χ3v) is 7.24. The summed E-state index contributed by atoms with van der Waals surface area (Å²) in [5.41, 5.74) is 4.79. The van der Waals surface area contributed by atoms with Gasteiger partial charge in [-0.1, -0.05) is 24.3 Å². The third-order valence-electron chi connectivity index (χ3n) is 7.24. The van der Waals surface area contributed by atoms with Gasteiger partial charge in [-0.25, -0.2) is 14.6 Å². The van der Waals surface area contributed by atoms with Crippen LogP contribution in [0.2, 0.25) is 0 Å². The van der Waals surface area contributed by atoms with Crippen LogP contribution in [0.15, 0.2) is 55.1 Å². The van der Waals surface area contributed by atoms with Crippen molar-refractivity contribution in [1.82, 2.24) is 29.6 Å². The lowest BCUT2D eigenvalue weighted by Gasteiger charge is -2.30. The Kier molecular flexibility index (Phi) is 6.24. The Morgan fingerprint density at radius 2 is 1.98 bits per heavy atom. The molecule has 0 aliphatic carbocycles. The summed E-state index contributed by atoms with van der Waals surface area (Å²) in [6, 6.07) is 11.7. The van der Waals surface area contributed by atoms with Gasteiger partial charge in [0.15, 0.2) is 5.82 Å². The normalized spacial score (nSPS) is 16.2. The van der Waals surface area contributed by atoms with E-state index in [0.717, 1.165) is 33.4 Å². The highest BCUT2D eigenvalue weighted by atomic mass is 19.3. The number of aromatic nitrogens is 5. The number of carbonyl (C=O) groups is 2. The molecule has 0 radical (unpaired) electrons. The van der Waals surface area contributed by atoms with Gasteiger partial charge in [0, 0.05) is 43.9 Å². The van der Waals surface area contributed by atoms with E-state index in [1.165, 1.54) is 13.3 Å². The number of amides is 1. The minimum atomic E-state index is -3.23. The summed E-state index contributed by atoms with van der Waals surface area (Å²) in [5.74, 6) is -5.44. The van der Waals surface area contributed by atoms with Crippen LogP contribution in [-0.4, -0.2) is 61.5 Å². The number of anilines is 1. The van der Waals surface area contributed by atoms with Gasteiger partial charge >= 0.3 is 5.92 Å². The molecule has 10 nitrogen and oxygen atoms in total. The molecular formula is C28H25F2N7O3. The Balaban J connectivity index is 1.27. The quantitative estimate of drug-likeness (QED) is 0.366. The molecule has 4 aromatic rings. The first-order chi connectivity index (χ1) is 19.3.